The Labute approximate surface area is 196 Å². The van der Waals surface area contributed by atoms with Gasteiger partial charge in [0.25, 0.3) is 0 Å². The van der Waals surface area contributed by atoms with Crippen LogP contribution < -0.4 is 5.32 Å². The highest BCUT2D eigenvalue weighted by molar-refractivity contribution is 6.00. The molecule has 9 heteroatoms. The van der Waals surface area contributed by atoms with Crippen molar-refractivity contribution >= 4 is 12.0 Å². The van der Waals surface area contributed by atoms with Crippen LogP contribution in [0.3, 0.4) is 0 Å². The Bertz CT molecular complexity index is 1000. The molecule has 34 heavy (non-hydrogen) atoms. The summed E-state index contributed by atoms with van der Waals surface area (Å²) < 4.78 is 38.8. The molecule has 182 valence electrons. The Balaban J connectivity index is 1.52. The van der Waals surface area contributed by atoms with Gasteiger partial charge in [0, 0.05) is 26.2 Å². The van der Waals surface area contributed by atoms with Crippen LogP contribution in [-0.4, -0.2) is 72.4 Å². The molecular formula is C25H28F3N3O3. The van der Waals surface area contributed by atoms with Gasteiger partial charge in [-0.2, -0.15) is 13.2 Å². The fourth-order valence-electron chi connectivity index (χ4n) is 5.17. The third-order valence-corrected chi connectivity index (χ3v) is 6.82. The zero-order chi connectivity index (χ0) is 24.3. The topological polar surface area (TPSA) is 72.9 Å². The highest BCUT2D eigenvalue weighted by atomic mass is 19.4. The maximum Gasteiger partial charge on any atom is 0.407 e. The molecule has 2 N–H and O–H groups in total. The Morgan fingerprint density at radius 1 is 0.912 bits per heavy atom. The van der Waals surface area contributed by atoms with Crippen LogP contribution >= 0.6 is 0 Å². The average Bonchev–Trinajstić information content (AvgIpc) is 3.11. The predicted molar refractivity (Wildman–Crippen MR) is 122 cm³/mol. The molecule has 2 aliphatic rings. The smallest absolute Gasteiger partial charge is 0.407 e. The number of rotatable bonds is 7. The number of carbonyl (C=O) groups is 2. The van der Waals surface area contributed by atoms with Gasteiger partial charge in [0.2, 0.25) is 5.91 Å². The monoisotopic (exact) mass is 475 g/mol. The number of hydrogen-bond donors (Lipinski definition) is 2. The molecule has 2 amide bonds. The lowest BCUT2D eigenvalue weighted by Gasteiger charge is -2.34. The lowest BCUT2D eigenvalue weighted by atomic mass is 9.73. The first-order valence-corrected chi connectivity index (χ1v) is 11.5. The van der Waals surface area contributed by atoms with Crippen molar-refractivity contribution in [1.82, 2.24) is 15.1 Å². The number of nitrogens with zero attached hydrogens (tertiary/aromatic N) is 2. The molecule has 0 aromatic heterocycles. The maximum atomic E-state index is 13.5. The maximum absolute atomic E-state index is 13.5. The zero-order valence-corrected chi connectivity index (χ0v) is 18.8. The number of piperazine rings is 1. The first kappa shape index (κ1) is 24.1. The molecule has 0 saturated carbocycles. The molecular weight excluding hydrogens is 447 g/mol. The summed E-state index contributed by atoms with van der Waals surface area (Å²) in [6.45, 7) is 1.59. The Morgan fingerprint density at radius 3 is 2.00 bits per heavy atom. The van der Waals surface area contributed by atoms with Crippen LogP contribution in [0.15, 0.2) is 48.5 Å². The Hall–Kier alpha value is -3.07. The SMILES string of the molecule is O=C(O)N1CCN(CCCCC2(C(=O)NCC(F)(F)F)c3ccccc3-c3ccccc32)CC1. The van der Waals surface area contributed by atoms with Crippen molar-refractivity contribution in [3.63, 3.8) is 0 Å². The Morgan fingerprint density at radius 2 is 1.47 bits per heavy atom. The summed E-state index contributed by atoms with van der Waals surface area (Å²) in [5, 5.41) is 11.3. The quantitative estimate of drug-likeness (QED) is 0.592. The minimum Gasteiger partial charge on any atom is -0.465 e. The van der Waals surface area contributed by atoms with Crippen molar-refractivity contribution in [2.24, 2.45) is 0 Å². The van der Waals surface area contributed by atoms with E-state index in [9.17, 15) is 22.8 Å². The number of nitrogens with one attached hydrogen (secondary N) is 1. The van der Waals surface area contributed by atoms with Gasteiger partial charge in [-0.15, -0.1) is 0 Å². The Kier molecular flexibility index (Phi) is 6.84. The van der Waals surface area contributed by atoms with Crippen LogP contribution in [0.5, 0.6) is 0 Å². The number of unbranched alkanes of at least 4 members (excludes halogenated alkanes) is 1. The van der Waals surface area contributed by atoms with Crippen LogP contribution in [0.2, 0.25) is 0 Å². The second-order valence-corrected chi connectivity index (χ2v) is 8.86. The number of halogens is 3. The van der Waals surface area contributed by atoms with E-state index < -0.39 is 30.1 Å². The summed E-state index contributed by atoms with van der Waals surface area (Å²) in [7, 11) is 0. The summed E-state index contributed by atoms with van der Waals surface area (Å²) in [4.78, 5) is 28.1. The number of hydrogen-bond acceptors (Lipinski definition) is 3. The van der Waals surface area contributed by atoms with E-state index in [1.54, 1.807) is 0 Å². The number of carbonyl (C=O) groups excluding carboxylic acids is 1. The number of amides is 2. The lowest BCUT2D eigenvalue weighted by molar-refractivity contribution is -0.141. The minimum absolute atomic E-state index is 0.389. The van der Waals surface area contributed by atoms with Crippen molar-refractivity contribution < 1.29 is 27.9 Å². The first-order valence-electron chi connectivity index (χ1n) is 11.5. The lowest BCUT2D eigenvalue weighted by Crippen LogP contribution is -2.48. The summed E-state index contributed by atoms with van der Waals surface area (Å²) in [6, 6.07) is 14.9. The van der Waals surface area contributed by atoms with Crippen molar-refractivity contribution in [2.45, 2.75) is 30.9 Å². The van der Waals surface area contributed by atoms with Gasteiger partial charge in [-0.1, -0.05) is 55.0 Å². The number of benzene rings is 2. The van der Waals surface area contributed by atoms with E-state index in [1.807, 2.05) is 48.5 Å². The van der Waals surface area contributed by atoms with Gasteiger partial charge in [-0.25, -0.2) is 4.79 Å². The summed E-state index contributed by atoms with van der Waals surface area (Å²) in [5.41, 5.74) is 2.06. The van der Waals surface area contributed by atoms with E-state index in [0.717, 1.165) is 35.2 Å². The number of alkyl halides is 3. The highest BCUT2D eigenvalue weighted by Gasteiger charge is 2.49. The molecule has 1 saturated heterocycles. The molecule has 6 nitrogen and oxygen atoms in total. The summed E-state index contributed by atoms with van der Waals surface area (Å²) in [6.07, 6.45) is -3.62. The van der Waals surface area contributed by atoms with Crippen LogP contribution in [-0.2, 0) is 10.2 Å². The molecule has 0 bridgehead atoms. The van der Waals surface area contributed by atoms with Gasteiger partial charge in [0.15, 0.2) is 0 Å². The molecule has 1 heterocycles. The van der Waals surface area contributed by atoms with Gasteiger partial charge < -0.3 is 15.3 Å². The van der Waals surface area contributed by atoms with Crippen molar-refractivity contribution in [1.29, 1.82) is 0 Å². The molecule has 1 fully saturated rings. The first-order chi connectivity index (χ1) is 16.2. The molecule has 1 aliphatic heterocycles. The van der Waals surface area contributed by atoms with E-state index in [0.29, 0.717) is 39.0 Å². The molecule has 0 radical (unpaired) electrons. The number of carboxylic acid groups (broad SMARTS) is 1. The van der Waals surface area contributed by atoms with E-state index in [-0.39, 0.29) is 0 Å². The standard InChI is InChI=1S/C25H28F3N3O3/c26-25(27,28)17-29-22(32)24(11-5-6-12-30-13-15-31(16-14-30)23(33)34)20-9-3-1-7-18(20)19-8-2-4-10-21(19)24/h1-4,7-10H,5-6,11-17H2,(H,29,32)(H,33,34). The van der Waals surface area contributed by atoms with Gasteiger partial charge in [0.1, 0.15) is 12.0 Å². The fourth-order valence-corrected chi connectivity index (χ4v) is 5.17. The average molecular weight is 476 g/mol. The molecule has 2 aromatic carbocycles. The second-order valence-electron chi connectivity index (χ2n) is 8.86. The highest BCUT2D eigenvalue weighted by Crippen LogP contribution is 2.51. The van der Waals surface area contributed by atoms with Crippen LogP contribution in [0.25, 0.3) is 11.1 Å². The van der Waals surface area contributed by atoms with Crippen LogP contribution in [0, 0.1) is 0 Å². The van der Waals surface area contributed by atoms with Crippen molar-refractivity contribution in [3.05, 3.63) is 59.7 Å². The van der Waals surface area contributed by atoms with E-state index in [4.69, 9.17) is 5.11 Å². The molecule has 0 atom stereocenters. The molecule has 4 rings (SSSR count). The van der Waals surface area contributed by atoms with E-state index in [2.05, 4.69) is 10.2 Å². The number of fused-ring (bicyclic) bond motifs is 3. The normalized spacial score (nSPS) is 17.2. The summed E-state index contributed by atoms with van der Waals surface area (Å²) in [5.74, 6) is -0.628. The van der Waals surface area contributed by atoms with E-state index in [1.165, 1.54) is 4.90 Å². The van der Waals surface area contributed by atoms with Gasteiger partial charge in [-0.05, 0) is 41.6 Å². The zero-order valence-electron chi connectivity index (χ0n) is 18.8. The van der Waals surface area contributed by atoms with Gasteiger partial charge in [-0.3, -0.25) is 9.69 Å². The minimum atomic E-state index is -4.49. The van der Waals surface area contributed by atoms with Crippen LogP contribution in [0.4, 0.5) is 18.0 Å². The molecule has 1 aliphatic carbocycles. The van der Waals surface area contributed by atoms with Gasteiger partial charge >= 0.3 is 12.3 Å². The van der Waals surface area contributed by atoms with E-state index >= 15 is 0 Å². The molecule has 2 aromatic rings. The third kappa shape index (κ3) is 4.75. The van der Waals surface area contributed by atoms with Crippen molar-refractivity contribution in [3.8, 4) is 11.1 Å². The largest absolute Gasteiger partial charge is 0.465 e. The third-order valence-electron chi connectivity index (χ3n) is 6.82. The molecule has 0 spiro atoms. The van der Waals surface area contributed by atoms with Gasteiger partial charge in [0.05, 0.1) is 0 Å². The fraction of sp³-hybridized carbons (Fsp3) is 0.440. The van der Waals surface area contributed by atoms with Crippen LogP contribution in [0.1, 0.15) is 30.4 Å². The molecule has 0 unspecified atom stereocenters. The predicted octanol–water partition coefficient (Wildman–Crippen LogP) is 4.10. The summed E-state index contributed by atoms with van der Waals surface area (Å²) >= 11 is 0. The second kappa shape index (κ2) is 9.66. The van der Waals surface area contributed by atoms with Crippen molar-refractivity contribution in [2.75, 3.05) is 39.3 Å².